The van der Waals surface area contributed by atoms with Crippen LogP contribution in [0.5, 0.6) is 0 Å². The van der Waals surface area contributed by atoms with E-state index in [1.54, 1.807) is 0 Å². The lowest BCUT2D eigenvalue weighted by Crippen LogP contribution is -2.70. The molecule has 18 heteroatoms. The first-order valence-corrected chi connectivity index (χ1v) is 12.4. The fourth-order valence-corrected chi connectivity index (χ4v) is 4.72. The molecule has 0 aromatic carbocycles. The number of aliphatic hydroxyl groups excluding tert-OH is 8. The largest absolute Gasteiger partial charge is 0.481 e. The number of hydrogen-bond donors (Lipinski definition) is 12. The molecule has 228 valence electrons. The highest BCUT2D eigenvalue weighted by Crippen LogP contribution is 2.31. The maximum Gasteiger partial charge on any atom is 0.304 e. The van der Waals surface area contributed by atoms with Crippen LogP contribution in [0.3, 0.4) is 0 Å². The minimum Gasteiger partial charge on any atom is -0.481 e. The molecular weight excluding hydrogens is 534 g/mol. The van der Waals surface area contributed by atoms with Gasteiger partial charge in [-0.05, 0) is 0 Å². The zero-order valence-corrected chi connectivity index (χ0v) is 20.8. The quantitative estimate of drug-likeness (QED) is 0.109. The van der Waals surface area contributed by atoms with Gasteiger partial charge in [0.1, 0.15) is 54.9 Å². The summed E-state index contributed by atoms with van der Waals surface area (Å²) in [6, 6.07) is -3.95. The van der Waals surface area contributed by atoms with Crippen molar-refractivity contribution < 1.29 is 74.4 Å². The summed E-state index contributed by atoms with van der Waals surface area (Å²) in [5.41, 5.74) is 11.7. The van der Waals surface area contributed by atoms with Crippen LogP contribution in [0.1, 0.15) is 6.42 Å². The van der Waals surface area contributed by atoms with Gasteiger partial charge < -0.3 is 86.4 Å². The maximum absolute atomic E-state index is 11.3. The standard InChI is InChI=1S/C21H39N3O15/c22-10-15(32)17(7(4-26)35-19(10)34)39-21-12(24-2-1-9(28)29)16(33)18(8(5-27)37-21)38-20-11(23)14(31)13(30)6(3-25)36-20/h6-8,10-21,24-27,30-34H,1-5,22-23H2,(H,28,29)/t6-,7-,8-,10-,11-,12-,13-,14-,15-,16-,17?,18?,19-,20+,21+/m1/s1. The van der Waals surface area contributed by atoms with Gasteiger partial charge in [0, 0.05) is 6.54 Å². The molecule has 3 saturated heterocycles. The molecule has 18 nitrogen and oxygen atoms in total. The van der Waals surface area contributed by atoms with E-state index in [0.29, 0.717) is 0 Å². The molecule has 0 aromatic rings. The Kier molecular flexibility index (Phi) is 11.7. The van der Waals surface area contributed by atoms with Crippen molar-refractivity contribution in [3.05, 3.63) is 0 Å². The summed E-state index contributed by atoms with van der Waals surface area (Å²) in [6.45, 7) is -2.35. The molecule has 15 atom stereocenters. The van der Waals surface area contributed by atoms with Gasteiger partial charge in [-0.1, -0.05) is 0 Å². The number of carboxylic acids is 1. The van der Waals surface area contributed by atoms with Crippen LogP contribution in [0.4, 0.5) is 0 Å². The number of aliphatic carboxylic acids is 1. The third-order valence-electron chi connectivity index (χ3n) is 7.00. The Bertz CT molecular complexity index is 781. The minimum atomic E-state index is -1.63. The summed E-state index contributed by atoms with van der Waals surface area (Å²) in [4.78, 5) is 11.1. The van der Waals surface area contributed by atoms with E-state index in [4.69, 9.17) is 40.3 Å². The van der Waals surface area contributed by atoms with Crippen LogP contribution in [-0.4, -0.2) is 170 Å². The predicted octanol–water partition coefficient (Wildman–Crippen LogP) is -7.57. The Morgan fingerprint density at radius 1 is 0.718 bits per heavy atom. The highest BCUT2D eigenvalue weighted by molar-refractivity contribution is 5.66. The third-order valence-corrected chi connectivity index (χ3v) is 7.00. The molecule has 14 N–H and O–H groups in total. The van der Waals surface area contributed by atoms with Crippen molar-refractivity contribution in [1.82, 2.24) is 5.32 Å². The molecule has 3 rings (SSSR count). The average molecular weight is 574 g/mol. The molecule has 0 spiro atoms. The van der Waals surface area contributed by atoms with Crippen LogP contribution in [0.2, 0.25) is 0 Å². The molecule has 0 aromatic heterocycles. The Hall–Kier alpha value is -1.17. The van der Waals surface area contributed by atoms with Crippen LogP contribution < -0.4 is 16.8 Å². The summed E-state index contributed by atoms with van der Waals surface area (Å²) < 4.78 is 28.0. The van der Waals surface area contributed by atoms with Crippen LogP contribution in [0, 0.1) is 0 Å². The zero-order valence-electron chi connectivity index (χ0n) is 20.8. The van der Waals surface area contributed by atoms with Gasteiger partial charge in [0.2, 0.25) is 0 Å². The van der Waals surface area contributed by atoms with E-state index in [9.17, 15) is 45.6 Å². The van der Waals surface area contributed by atoms with Crippen molar-refractivity contribution in [2.75, 3.05) is 26.4 Å². The Labute approximate surface area is 222 Å². The molecule has 3 aliphatic rings. The number of hydrogen-bond acceptors (Lipinski definition) is 17. The molecule has 3 aliphatic heterocycles. The Morgan fingerprint density at radius 3 is 1.85 bits per heavy atom. The van der Waals surface area contributed by atoms with Crippen molar-refractivity contribution in [3.63, 3.8) is 0 Å². The van der Waals surface area contributed by atoms with Crippen LogP contribution >= 0.6 is 0 Å². The summed E-state index contributed by atoms with van der Waals surface area (Å²) >= 11 is 0. The van der Waals surface area contributed by atoms with Crippen LogP contribution in [0.25, 0.3) is 0 Å². The van der Waals surface area contributed by atoms with E-state index >= 15 is 0 Å². The number of carbonyl (C=O) groups is 1. The predicted molar refractivity (Wildman–Crippen MR) is 123 cm³/mol. The fraction of sp³-hybridized carbons (Fsp3) is 0.952. The number of ether oxygens (including phenoxy) is 5. The number of nitrogens with two attached hydrogens (primary N) is 2. The SMILES string of the molecule is N[C@H]1[C@H](OC2[C@@H](CO)O[C@@H](OC3[C@@H](CO)O[C@@H](O)[C@H](N)[C@H]3O)[C@H](NCCC(=O)O)[C@H]2O)O[C@H](CO)[C@@H](O)[C@@H]1O. The molecule has 0 bridgehead atoms. The summed E-state index contributed by atoms with van der Waals surface area (Å²) in [5.74, 6) is -1.16. The van der Waals surface area contributed by atoms with Crippen molar-refractivity contribution in [2.24, 2.45) is 11.5 Å². The molecule has 0 amide bonds. The van der Waals surface area contributed by atoms with Gasteiger partial charge in [-0.2, -0.15) is 0 Å². The average Bonchev–Trinajstić information content (AvgIpc) is 2.91. The summed E-state index contributed by atoms with van der Waals surface area (Å²) in [6.07, 6.45) is -18.0. The van der Waals surface area contributed by atoms with Crippen LogP contribution in [-0.2, 0) is 28.5 Å². The lowest BCUT2D eigenvalue weighted by molar-refractivity contribution is -0.350. The molecule has 0 aliphatic carbocycles. The molecule has 2 unspecified atom stereocenters. The van der Waals surface area contributed by atoms with E-state index < -0.39 is 118 Å². The second-order valence-electron chi connectivity index (χ2n) is 9.64. The molecular formula is C21H39N3O15. The molecule has 0 radical (unpaired) electrons. The van der Waals surface area contributed by atoms with E-state index in [0.717, 1.165) is 0 Å². The summed E-state index contributed by atoms with van der Waals surface area (Å²) in [5, 5.41) is 92.9. The van der Waals surface area contributed by atoms with Crippen LogP contribution in [0.15, 0.2) is 0 Å². The van der Waals surface area contributed by atoms with Crippen molar-refractivity contribution in [2.45, 2.75) is 98.4 Å². The first-order valence-electron chi connectivity index (χ1n) is 12.4. The highest BCUT2D eigenvalue weighted by Gasteiger charge is 2.53. The van der Waals surface area contributed by atoms with Gasteiger partial charge in [0.15, 0.2) is 18.9 Å². The highest BCUT2D eigenvalue weighted by atomic mass is 16.7. The van der Waals surface area contributed by atoms with Crippen molar-refractivity contribution in [1.29, 1.82) is 0 Å². The summed E-state index contributed by atoms with van der Waals surface area (Å²) in [7, 11) is 0. The molecule has 3 fully saturated rings. The van der Waals surface area contributed by atoms with Gasteiger partial charge in [-0.25, -0.2) is 0 Å². The second kappa shape index (κ2) is 14.1. The number of carboxylic acid groups (broad SMARTS) is 1. The Balaban J connectivity index is 1.83. The lowest BCUT2D eigenvalue weighted by atomic mass is 9.94. The number of nitrogens with one attached hydrogen (secondary N) is 1. The number of rotatable bonds is 11. The molecule has 0 saturated carbocycles. The molecule has 39 heavy (non-hydrogen) atoms. The van der Waals surface area contributed by atoms with Gasteiger partial charge in [-0.3, -0.25) is 4.79 Å². The fourth-order valence-electron chi connectivity index (χ4n) is 4.72. The first-order chi connectivity index (χ1) is 18.4. The van der Waals surface area contributed by atoms with Gasteiger partial charge in [0.25, 0.3) is 0 Å². The zero-order chi connectivity index (χ0) is 29.0. The van der Waals surface area contributed by atoms with E-state index in [1.165, 1.54) is 0 Å². The normalized spacial score (nSPS) is 47.2. The van der Waals surface area contributed by atoms with Gasteiger partial charge >= 0.3 is 5.97 Å². The van der Waals surface area contributed by atoms with E-state index in [-0.39, 0.29) is 13.0 Å². The van der Waals surface area contributed by atoms with E-state index in [2.05, 4.69) is 5.32 Å². The van der Waals surface area contributed by atoms with Crippen molar-refractivity contribution >= 4 is 5.97 Å². The van der Waals surface area contributed by atoms with Crippen molar-refractivity contribution in [3.8, 4) is 0 Å². The van der Waals surface area contributed by atoms with Gasteiger partial charge in [-0.15, -0.1) is 0 Å². The minimum absolute atomic E-state index is 0.195. The monoisotopic (exact) mass is 573 g/mol. The van der Waals surface area contributed by atoms with E-state index in [1.807, 2.05) is 0 Å². The molecule has 3 heterocycles. The Morgan fingerprint density at radius 2 is 1.26 bits per heavy atom. The van der Waals surface area contributed by atoms with Gasteiger partial charge in [0.05, 0.1) is 44.4 Å². The third kappa shape index (κ3) is 7.19. The smallest absolute Gasteiger partial charge is 0.304 e. The number of aliphatic hydroxyl groups is 8. The topological polar surface area (TPSA) is 309 Å². The maximum atomic E-state index is 11.3. The first kappa shape index (κ1) is 32.3. The second-order valence-corrected chi connectivity index (χ2v) is 9.64. The lowest BCUT2D eigenvalue weighted by Gasteiger charge is -2.49.